The van der Waals surface area contributed by atoms with E-state index < -0.39 is 0 Å². The molecule has 0 aliphatic rings. The average molecular weight is 398 g/mol. The number of thioether (sulfide) groups is 1. The molecule has 0 aliphatic carbocycles. The molecule has 28 heavy (non-hydrogen) atoms. The lowest BCUT2D eigenvalue weighted by Gasteiger charge is -2.07. The average Bonchev–Trinajstić information content (AvgIpc) is 3.15. The van der Waals surface area contributed by atoms with E-state index in [9.17, 15) is 4.79 Å². The summed E-state index contributed by atoms with van der Waals surface area (Å²) in [7, 11) is 1.63. The molecule has 1 amide bonds. The van der Waals surface area contributed by atoms with Crippen LogP contribution in [0.25, 0.3) is 0 Å². The van der Waals surface area contributed by atoms with E-state index in [0.29, 0.717) is 23.5 Å². The molecular formula is C21H23N3O3S. The van der Waals surface area contributed by atoms with Gasteiger partial charge in [0.2, 0.25) is 11.8 Å². The van der Waals surface area contributed by atoms with E-state index in [1.165, 1.54) is 17.3 Å². The van der Waals surface area contributed by atoms with Crippen molar-refractivity contribution in [1.82, 2.24) is 10.2 Å². The van der Waals surface area contributed by atoms with Crippen LogP contribution in [0.5, 0.6) is 5.75 Å². The van der Waals surface area contributed by atoms with Gasteiger partial charge in [-0.15, -0.1) is 10.2 Å². The maximum atomic E-state index is 12.1. The molecule has 2 aromatic carbocycles. The number of aromatic nitrogens is 2. The van der Waals surface area contributed by atoms with E-state index in [-0.39, 0.29) is 11.7 Å². The molecule has 146 valence electrons. The molecule has 0 bridgehead atoms. The zero-order valence-corrected chi connectivity index (χ0v) is 17.0. The summed E-state index contributed by atoms with van der Waals surface area (Å²) in [5.74, 6) is 1.87. The van der Waals surface area contributed by atoms with Gasteiger partial charge < -0.3 is 14.5 Å². The van der Waals surface area contributed by atoms with Crippen LogP contribution in [-0.4, -0.2) is 29.0 Å². The number of hydrogen-bond acceptors (Lipinski definition) is 6. The number of anilines is 1. The number of nitrogens with zero attached hydrogens (tertiary/aromatic N) is 2. The summed E-state index contributed by atoms with van der Waals surface area (Å²) in [6.07, 6.45) is 0.534. The summed E-state index contributed by atoms with van der Waals surface area (Å²) in [5.41, 5.74) is 3.06. The van der Waals surface area contributed by atoms with Crippen molar-refractivity contribution in [2.75, 3.05) is 18.2 Å². The van der Waals surface area contributed by atoms with Crippen LogP contribution < -0.4 is 10.1 Å². The fraction of sp³-hybridized carbons (Fsp3) is 0.286. The summed E-state index contributed by atoms with van der Waals surface area (Å²) < 4.78 is 10.8. The minimum Gasteiger partial charge on any atom is -0.497 e. The smallest absolute Gasteiger partial charge is 0.277 e. The Balaban J connectivity index is 1.48. The van der Waals surface area contributed by atoms with Gasteiger partial charge in [0.05, 0.1) is 19.3 Å². The number of carbonyl (C=O) groups excluding carboxylic acids is 1. The second kappa shape index (κ2) is 9.41. The topological polar surface area (TPSA) is 77.2 Å². The minimum atomic E-state index is -0.114. The van der Waals surface area contributed by atoms with Crippen molar-refractivity contribution in [2.24, 2.45) is 0 Å². The van der Waals surface area contributed by atoms with Crippen molar-refractivity contribution >= 4 is 23.4 Å². The van der Waals surface area contributed by atoms with Crippen LogP contribution in [0.2, 0.25) is 0 Å². The number of methoxy groups -OCH3 is 1. The lowest BCUT2D eigenvalue weighted by Crippen LogP contribution is -2.14. The van der Waals surface area contributed by atoms with Crippen LogP contribution >= 0.6 is 11.8 Å². The Morgan fingerprint density at radius 1 is 1.11 bits per heavy atom. The fourth-order valence-corrected chi connectivity index (χ4v) is 3.14. The number of amides is 1. The van der Waals surface area contributed by atoms with E-state index >= 15 is 0 Å². The van der Waals surface area contributed by atoms with Crippen molar-refractivity contribution in [1.29, 1.82) is 0 Å². The summed E-state index contributed by atoms with van der Waals surface area (Å²) in [6.45, 7) is 4.27. The van der Waals surface area contributed by atoms with E-state index in [1.807, 2.05) is 48.5 Å². The highest BCUT2D eigenvalue weighted by Crippen LogP contribution is 2.20. The van der Waals surface area contributed by atoms with Gasteiger partial charge in [-0.1, -0.05) is 49.9 Å². The molecule has 3 rings (SSSR count). The number of benzene rings is 2. The van der Waals surface area contributed by atoms with Crippen molar-refractivity contribution < 1.29 is 13.9 Å². The van der Waals surface area contributed by atoms with Gasteiger partial charge in [0.15, 0.2) is 0 Å². The van der Waals surface area contributed by atoms with Gasteiger partial charge in [-0.3, -0.25) is 4.79 Å². The molecule has 0 unspecified atom stereocenters. The van der Waals surface area contributed by atoms with Gasteiger partial charge in [0, 0.05) is 5.69 Å². The Hall–Kier alpha value is -2.80. The predicted molar refractivity (Wildman–Crippen MR) is 110 cm³/mol. The highest BCUT2D eigenvalue weighted by Gasteiger charge is 2.11. The predicted octanol–water partition coefficient (Wildman–Crippen LogP) is 4.52. The normalized spacial score (nSPS) is 10.9. The highest BCUT2D eigenvalue weighted by atomic mass is 32.2. The van der Waals surface area contributed by atoms with E-state index in [0.717, 1.165) is 17.0 Å². The number of carbonyl (C=O) groups is 1. The van der Waals surface area contributed by atoms with Crippen molar-refractivity contribution in [2.45, 2.75) is 31.4 Å². The fourth-order valence-electron chi connectivity index (χ4n) is 2.56. The summed E-state index contributed by atoms with van der Waals surface area (Å²) in [4.78, 5) is 12.1. The first-order valence-electron chi connectivity index (χ1n) is 9.01. The first-order valence-corrected chi connectivity index (χ1v) is 10.00. The molecule has 0 spiro atoms. The number of ether oxygens (including phenoxy) is 1. The lowest BCUT2D eigenvalue weighted by molar-refractivity contribution is -0.113. The van der Waals surface area contributed by atoms with Crippen molar-refractivity contribution in [3.05, 3.63) is 65.5 Å². The summed E-state index contributed by atoms with van der Waals surface area (Å²) >= 11 is 1.22. The van der Waals surface area contributed by atoms with Gasteiger partial charge in [0.1, 0.15) is 5.75 Å². The van der Waals surface area contributed by atoms with E-state index in [2.05, 4.69) is 29.4 Å². The van der Waals surface area contributed by atoms with E-state index in [4.69, 9.17) is 9.15 Å². The molecule has 0 fully saturated rings. The third-order valence-corrected chi connectivity index (χ3v) is 4.97. The first kappa shape index (κ1) is 19.9. The molecule has 1 heterocycles. The number of rotatable bonds is 8. The van der Waals surface area contributed by atoms with Crippen molar-refractivity contribution in [3.63, 3.8) is 0 Å². The Morgan fingerprint density at radius 3 is 2.46 bits per heavy atom. The summed E-state index contributed by atoms with van der Waals surface area (Å²) in [6, 6.07) is 15.6. The zero-order chi connectivity index (χ0) is 19.9. The number of hydrogen-bond donors (Lipinski definition) is 1. The Bertz CT molecular complexity index is 905. The monoisotopic (exact) mass is 397 g/mol. The Labute approximate surface area is 168 Å². The molecule has 0 atom stereocenters. The molecule has 0 saturated heterocycles. The van der Waals surface area contributed by atoms with Crippen molar-refractivity contribution in [3.8, 4) is 5.75 Å². The quantitative estimate of drug-likeness (QED) is 0.563. The van der Waals surface area contributed by atoms with Gasteiger partial charge in [-0.25, -0.2) is 0 Å². The SMILES string of the molecule is COc1ccc(Cc2nnc(SCC(=O)Nc3ccc(C(C)C)cc3)o2)cc1. The van der Waals surface area contributed by atoms with Gasteiger partial charge in [-0.05, 0) is 41.3 Å². The molecular weight excluding hydrogens is 374 g/mol. The van der Waals surface area contributed by atoms with E-state index in [1.54, 1.807) is 7.11 Å². The van der Waals surface area contributed by atoms with Crippen LogP contribution in [0.3, 0.4) is 0 Å². The molecule has 1 aromatic heterocycles. The van der Waals surface area contributed by atoms with Crippen LogP contribution in [0.15, 0.2) is 58.2 Å². The molecule has 7 heteroatoms. The van der Waals surface area contributed by atoms with Gasteiger partial charge in [-0.2, -0.15) is 0 Å². The molecule has 0 saturated carbocycles. The molecule has 1 N–H and O–H groups in total. The maximum Gasteiger partial charge on any atom is 0.277 e. The van der Waals surface area contributed by atoms with Gasteiger partial charge >= 0.3 is 0 Å². The highest BCUT2D eigenvalue weighted by molar-refractivity contribution is 7.99. The Kier molecular flexibility index (Phi) is 6.71. The Morgan fingerprint density at radius 2 is 1.82 bits per heavy atom. The third kappa shape index (κ3) is 5.60. The van der Waals surface area contributed by atoms with Crippen LogP contribution in [0.4, 0.5) is 5.69 Å². The maximum absolute atomic E-state index is 12.1. The molecule has 0 radical (unpaired) electrons. The minimum absolute atomic E-state index is 0.114. The molecule has 6 nitrogen and oxygen atoms in total. The van der Waals surface area contributed by atoms with Crippen LogP contribution in [0.1, 0.15) is 36.8 Å². The standard InChI is InChI=1S/C21H23N3O3S/c1-14(2)16-6-8-17(9-7-16)22-19(25)13-28-21-24-23-20(27-21)12-15-4-10-18(26-3)11-5-15/h4-11,14H,12-13H2,1-3H3,(H,22,25). The van der Waals surface area contributed by atoms with Crippen LogP contribution in [-0.2, 0) is 11.2 Å². The molecule has 0 aliphatic heterocycles. The summed E-state index contributed by atoms with van der Waals surface area (Å²) in [5, 5.41) is 11.3. The second-order valence-corrected chi connectivity index (χ2v) is 7.53. The van der Waals surface area contributed by atoms with Gasteiger partial charge in [0.25, 0.3) is 5.22 Å². The third-order valence-electron chi connectivity index (χ3n) is 4.15. The zero-order valence-electron chi connectivity index (χ0n) is 16.1. The number of nitrogens with one attached hydrogen (secondary N) is 1. The molecule has 3 aromatic rings. The van der Waals surface area contributed by atoms with Crippen LogP contribution in [0, 0.1) is 0 Å². The first-order chi connectivity index (χ1) is 13.5. The largest absolute Gasteiger partial charge is 0.497 e. The second-order valence-electron chi connectivity index (χ2n) is 6.60. The lowest BCUT2D eigenvalue weighted by atomic mass is 10.0.